The Kier molecular flexibility index (Phi) is 8.04. The molecule has 0 unspecified atom stereocenters. The fourth-order valence-corrected chi connectivity index (χ4v) is 5.16. The van der Waals surface area contributed by atoms with Crippen LogP contribution in [0.25, 0.3) is 11.0 Å². The minimum atomic E-state index is -1.05. The van der Waals surface area contributed by atoms with E-state index in [1.54, 1.807) is 55.6 Å². The second-order valence-corrected chi connectivity index (χ2v) is 9.71. The smallest absolute Gasteiger partial charge is 0.337 e. The standard InChI is InChI=1S/C30H31N5O5/c1-39-24-14-8-9-20(18-24)28(29(37)31-22-11-3-4-12-22)35(23-13-7-10-21(17-23)30(38)40-2)27(36)19-34-26-16-6-5-15-25(26)32-33-34/h5-10,13-18,22,28H,3-4,11-12,19H2,1-2H3,(H,31,37)/t28-/m1/s1. The predicted octanol–water partition coefficient (Wildman–Crippen LogP) is 4.06. The zero-order chi connectivity index (χ0) is 28.1. The molecule has 0 spiro atoms. The van der Waals surface area contributed by atoms with Crippen LogP contribution in [0.5, 0.6) is 5.75 Å². The van der Waals surface area contributed by atoms with Gasteiger partial charge in [0.1, 0.15) is 23.9 Å². The molecule has 1 aliphatic carbocycles. The van der Waals surface area contributed by atoms with E-state index in [0.29, 0.717) is 28.0 Å². The van der Waals surface area contributed by atoms with Gasteiger partial charge in [-0.1, -0.05) is 48.4 Å². The normalized spacial score (nSPS) is 14.1. The number of benzene rings is 3. The summed E-state index contributed by atoms with van der Waals surface area (Å²) in [7, 11) is 2.84. The molecule has 4 aromatic rings. The number of fused-ring (bicyclic) bond motifs is 1. The van der Waals surface area contributed by atoms with Crippen molar-refractivity contribution in [2.45, 2.75) is 44.3 Å². The number of anilines is 1. The number of rotatable bonds is 9. The summed E-state index contributed by atoms with van der Waals surface area (Å²) in [4.78, 5) is 42.1. The van der Waals surface area contributed by atoms with Crippen molar-refractivity contribution in [3.8, 4) is 5.75 Å². The van der Waals surface area contributed by atoms with Gasteiger partial charge in [-0.15, -0.1) is 5.10 Å². The molecular formula is C30H31N5O5. The second kappa shape index (κ2) is 12.0. The van der Waals surface area contributed by atoms with Crippen molar-refractivity contribution in [1.82, 2.24) is 20.3 Å². The number of esters is 1. The highest BCUT2D eigenvalue weighted by Gasteiger charge is 2.35. The van der Waals surface area contributed by atoms with Crippen LogP contribution in [0.15, 0.2) is 72.8 Å². The van der Waals surface area contributed by atoms with Crippen molar-refractivity contribution in [2.24, 2.45) is 0 Å². The van der Waals surface area contributed by atoms with E-state index in [9.17, 15) is 14.4 Å². The Hall–Kier alpha value is -4.73. The SMILES string of the molecule is COC(=O)c1cccc(N(C(=O)Cn2nnc3ccccc32)[C@@H](C(=O)NC2CCCC2)c2cccc(OC)c2)c1. The molecule has 0 radical (unpaired) electrons. The number of nitrogens with zero attached hydrogens (tertiary/aromatic N) is 4. The molecule has 5 rings (SSSR count). The first-order chi connectivity index (χ1) is 19.5. The molecule has 1 fully saturated rings. The molecule has 206 valence electrons. The number of para-hydroxylation sites is 1. The van der Waals surface area contributed by atoms with E-state index < -0.39 is 17.9 Å². The average Bonchev–Trinajstić information content (AvgIpc) is 3.65. The van der Waals surface area contributed by atoms with Crippen LogP contribution < -0.4 is 15.0 Å². The summed E-state index contributed by atoms with van der Waals surface area (Å²) in [6.45, 7) is -0.180. The maximum atomic E-state index is 14.2. The minimum Gasteiger partial charge on any atom is -0.497 e. The van der Waals surface area contributed by atoms with E-state index in [0.717, 1.165) is 25.7 Å². The number of nitrogens with one attached hydrogen (secondary N) is 1. The van der Waals surface area contributed by atoms with Gasteiger partial charge in [0.05, 0.1) is 25.3 Å². The van der Waals surface area contributed by atoms with Crippen LogP contribution in [0.4, 0.5) is 5.69 Å². The van der Waals surface area contributed by atoms with Crippen molar-refractivity contribution in [1.29, 1.82) is 0 Å². The molecule has 1 saturated carbocycles. The fourth-order valence-electron chi connectivity index (χ4n) is 5.16. The van der Waals surface area contributed by atoms with E-state index in [1.807, 2.05) is 24.3 Å². The van der Waals surface area contributed by atoms with Crippen LogP contribution in [-0.2, 0) is 20.9 Å². The molecule has 1 N–H and O–H groups in total. The lowest BCUT2D eigenvalue weighted by Gasteiger charge is -2.32. The number of carbonyl (C=O) groups is 3. The van der Waals surface area contributed by atoms with E-state index >= 15 is 0 Å². The maximum absolute atomic E-state index is 14.2. The van der Waals surface area contributed by atoms with Crippen molar-refractivity contribution < 1.29 is 23.9 Å². The summed E-state index contributed by atoms with van der Waals surface area (Å²) in [6.07, 6.45) is 3.84. The van der Waals surface area contributed by atoms with Gasteiger partial charge in [0.25, 0.3) is 0 Å². The third-order valence-electron chi connectivity index (χ3n) is 7.14. The summed E-state index contributed by atoms with van der Waals surface area (Å²) >= 11 is 0. The molecule has 0 bridgehead atoms. The molecule has 0 saturated heterocycles. The van der Waals surface area contributed by atoms with Gasteiger partial charge < -0.3 is 14.8 Å². The predicted molar refractivity (Wildman–Crippen MR) is 149 cm³/mol. The third kappa shape index (κ3) is 5.66. The lowest BCUT2D eigenvalue weighted by atomic mass is 10.0. The van der Waals surface area contributed by atoms with Crippen LogP contribution >= 0.6 is 0 Å². The Balaban J connectivity index is 1.62. The molecule has 1 aromatic heterocycles. The van der Waals surface area contributed by atoms with Crippen LogP contribution in [0.2, 0.25) is 0 Å². The summed E-state index contributed by atoms with van der Waals surface area (Å²) in [6, 6.07) is 19.9. The number of ether oxygens (including phenoxy) is 2. The van der Waals surface area contributed by atoms with Crippen molar-refractivity contribution in [2.75, 3.05) is 19.1 Å². The lowest BCUT2D eigenvalue weighted by Crippen LogP contribution is -2.47. The quantitative estimate of drug-likeness (QED) is 0.318. The molecule has 0 aliphatic heterocycles. The lowest BCUT2D eigenvalue weighted by molar-refractivity contribution is -0.127. The Bertz CT molecular complexity index is 1530. The number of hydrogen-bond acceptors (Lipinski definition) is 7. The van der Waals surface area contributed by atoms with Crippen LogP contribution in [-0.4, -0.2) is 53.0 Å². The molecule has 2 amide bonds. The molecule has 40 heavy (non-hydrogen) atoms. The second-order valence-electron chi connectivity index (χ2n) is 9.71. The molecule has 1 heterocycles. The van der Waals surface area contributed by atoms with Crippen molar-refractivity contribution in [3.63, 3.8) is 0 Å². The van der Waals surface area contributed by atoms with E-state index in [1.165, 1.54) is 16.7 Å². The largest absolute Gasteiger partial charge is 0.497 e. The number of carbonyl (C=O) groups excluding carboxylic acids is 3. The molecule has 1 aliphatic rings. The van der Waals surface area contributed by atoms with E-state index in [-0.39, 0.29) is 24.1 Å². The molecule has 10 heteroatoms. The summed E-state index contributed by atoms with van der Waals surface area (Å²) in [5.74, 6) is -0.730. The first-order valence-electron chi connectivity index (χ1n) is 13.2. The zero-order valence-electron chi connectivity index (χ0n) is 22.4. The third-order valence-corrected chi connectivity index (χ3v) is 7.14. The van der Waals surface area contributed by atoms with Gasteiger partial charge in [-0.25, -0.2) is 9.48 Å². The van der Waals surface area contributed by atoms with E-state index in [2.05, 4.69) is 15.6 Å². The summed E-state index contributed by atoms with van der Waals surface area (Å²) in [5, 5.41) is 11.5. The zero-order valence-corrected chi connectivity index (χ0v) is 22.4. The average molecular weight is 542 g/mol. The minimum absolute atomic E-state index is 0.0261. The number of aromatic nitrogens is 3. The summed E-state index contributed by atoms with van der Waals surface area (Å²) in [5.41, 5.74) is 2.52. The van der Waals surface area contributed by atoms with Crippen LogP contribution in [0, 0.1) is 0 Å². The fraction of sp³-hybridized carbons (Fsp3) is 0.300. The van der Waals surface area contributed by atoms with Gasteiger partial charge in [-0.05, 0) is 60.9 Å². The molecule has 10 nitrogen and oxygen atoms in total. The first-order valence-corrected chi connectivity index (χ1v) is 13.2. The maximum Gasteiger partial charge on any atom is 0.337 e. The van der Waals surface area contributed by atoms with Gasteiger partial charge in [0, 0.05) is 11.7 Å². The first kappa shape index (κ1) is 26.9. The molecule has 3 aromatic carbocycles. The van der Waals surface area contributed by atoms with Crippen molar-refractivity contribution in [3.05, 3.63) is 83.9 Å². The van der Waals surface area contributed by atoms with Crippen LogP contribution in [0.1, 0.15) is 47.6 Å². The van der Waals surface area contributed by atoms with Gasteiger partial charge in [-0.2, -0.15) is 0 Å². The Morgan fingerprint density at radius 1 is 1.00 bits per heavy atom. The van der Waals surface area contributed by atoms with Crippen LogP contribution in [0.3, 0.4) is 0 Å². The molecular weight excluding hydrogens is 510 g/mol. The number of hydrogen-bond donors (Lipinski definition) is 1. The van der Waals surface area contributed by atoms with Gasteiger partial charge >= 0.3 is 5.97 Å². The number of amides is 2. The Morgan fingerprint density at radius 2 is 1.77 bits per heavy atom. The summed E-state index contributed by atoms with van der Waals surface area (Å²) < 4.78 is 11.9. The Labute approximate surface area is 231 Å². The van der Waals surface area contributed by atoms with Gasteiger partial charge in [0.2, 0.25) is 11.8 Å². The van der Waals surface area contributed by atoms with Crippen molar-refractivity contribution >= 4 is 34.5 Å². The van der Waals surface area contributed by atoms with E-state index in [4.69, 9.17) is 9.47 Å². The monoisotopic (exact) mass is 541 g/mol. The highest BCUT2D eigenvalue weighted by Crippen LogP contribution is 2.32. The highest BCUT2D eigenvalue weighted by atomic mass is 16.5. The molecule has 1 atom stereocenters. The Morgan fingerprint density at radius 3 is 2.55 bits per heavy atom. The number of methoxy groups -OCH3 is 2. The topological polar surface area (TPSA) is 116 Å². The highest BCUT2D eigenvalue weighted by molar-refractivity contribution is 6.02. The van der Waals surface area contributed by atoms with Gasteiger partial charge in [0.15, 0.2) is 0 Å². The van der Waals surface area contributed by atoms with Gasteiger partial charge in [-0.3, -0.25) is 14.5 Å².